The minimum absolute atomic E-state index is 0.293. The lowest BCUT2D eigenvalue weighted by atomic mass is 9.85. The minimum Gasteiger partial charge on any atom is -0.367 e. The highest BCUT2D eigenvalue weighted by Crippen LogP contribution is 2.26. The topological polar surface area (TPSA) is 49.8 Å². The Hall–Kier alpha value is -1.39. The number of aromatic nitrogens is 2. The molecule has 1 fully saturated rings. The molecule has 2 rings (SSSR count). The summed E-state index contributed by atoms with van der Waals surface area (Å²) in [6.45, 7) is 0.803. The maximum absolute atomic E-state index is 13.3. The molecule has 82 valence electrons. The molecule has 1 aliphatic rings. The Morgan fingerprint density at radius 2 is 2.33 bits per heavy atom. The number of hydrogen-bond donors (Lipinski definition) is 2. The van der Waals surface area contributed by atoms with Crippen molar-refractivity contribution in [2.45, 2.75) is 19.3 Å². The molecule has 1 aromatic heterocycles. The van der Waals surface area contributed by atoms with Crippen molar-refractivity contribution in [1.29, 1.82) is 0 Å². The normalized spacial score (nSPS) is 15.9. The second kappa shape index (κ2) is 4.42. The third-order valence-electron chi connectivity index (χ3n) is 2.75. The van der Waals surface area contributed by atoms with Crippen LogP contribution in [0.5, 0.6) is 0 Å². The molecule has 0 bridgehead atoms. The molecule has 15 heavy (non-hydrogen) atoms. The minimum atomic E-state index is -0.395. The van der Waals surface area contributed by atoms with Gasteiger partial charge in [0.1, 0.15) is 0 Å². The largest absolute Gasteiger partial charge is 0.367 e. The molecule has 0 saturated heterocycles. The fourth-order valence-electron chi connectivity index (χ4n) is 1.55. The third-order valence-corrected chi connectivity index (χ3v) is 2.75. The van der Waals surface area contributed by atoms with Gasteiger partial charge in [0.2, 0.25) is 5.95 Å². The van der Waals surface area contributed by atoms with Gasteiger partial charge in [0.15, 0.2) is 11.6 Å². The van der Waals surface area contributed by atoms with Gasteiger partial charge in [0.25, 0.3) is 0 Å². The SMILES string of the molecule is CNc1ncc(F)c(NCC2CCC2)n1. The first-order valence-corrected chi connectivity index (χ1v) is 5.23. The maximum Gasteiger partial charge on any atom is 0.224 e. The molecule has 0 amide bonds. The van der Waals surface area contributed by atoms with Gasteiger partial charge in [0.05, 0.1) is 6.20 Å². The smallest absolute Gasteiger partial charge is 0.224 e. The van der Waals surface area contributed by atoms with E-state index >= 15 is 0 Å². The lowest BCUT2D eigenvalue weighted by Gasteiger charge is -2.25. The fourth-order valence-corrected chi connectivity index (χ4v) is 1.55. The first kappa shape index (κ1) is 10.1. The molecule has 4 nitrogen and oxygen atoms in total. The van der Waals surface area contributed by atoms with Crippen molar-refractivity contribution in [2.75, 3.05) is 24.2 Å². The quantitative estimate of drug-likeness (QED) is 0.796. The molecule has 0 aromatic carbocycles. The summed E-state index contributed by atoms with van der Waals surface area (Å²) in [5, 5.41) is 5.80. The second-order valence-corrected chi connectivity index (χ2v) is 3.82. The molecular formula is C10H15FN4. The molecular weight excluding hydrogens is 195 g/mol. The second-order valence-electron chi connectivity index (χ2n) is 3.82. The molecule has 1 aromatic rings. The molecule has 1 saturated carbocycles. The van der Waals surface area contributed by atoms with Gasteiger partial charge in [-0.05, 0) is 18.8 Å². The van der Waals surface area contributed by atoms with E-state index in [0.717, 1.165) is 6.54 Å². The average Bonchev–Trinajstić information content (AvgIpc) is 2.18. The van der Waals surface area contributed by atoms with Crippen LogP contribution in [0.15, 0.2) is 6.20 Å². The van der Waals surface area contributed by atoms with Crippen molar-refractivity contribution in [2.24, 2.45) is 5.92 Å². The van der Waals surface area contributed by atoms with Gasteiger partial charge in [-0.3, -0.25) is 0 Å². The van der Waals surface area contributed by atoms with E-state index < -0.39 is 5.82 Å². The van der Waals surface area contributed by atoms with Gasteiger partial charge in [0, 0.05) is 13.6 Å². The summed E-state index contributed by atoms with van der Waals surface area (Å²) >= 11 is 0. The fraction of sp³-hybridized carbons (Fsp3) is 0.600. The zero-order valence-electron chi connectivity index (χ0n) is 8.76. The van der Waals surface area contributed by atoms with Gasteiger partial charge in [-0.1, -0.05) is 6.42 Å². The lowest BCUT2D eigenvalue weighted by molar-refractivity contribution is 0.333. The van der Waals surface area contributed by atoms with Gasteiger partial charge in [-0.25, -0.2) is 9.37 Å². The van der Waals surface area contributed by atoms with E-state index in [-0.39, 0.29) is 0 Å². The van der Waals surface area contributed by atoms with Crippen LogP contribution in [0.25, 0.3) is 0 Å². The predicted octanol–water partition coefficient (Wildman–Crippen LogP) is 1.87. The van der Waals surface area contributed by atoms with E-state index in [1.165, 1.54) is 25.5 Å². The van der Waals surface area contributed by atoms with E-state index in [1.54, 1.807) is 7.05 Å². The monoisotopic (exact) mass is 210 g/mol. The summed E-state index contributed by atoms with van der Waals surface area (Å²) in [6, 6.07) is 0. The number of rotatable bonds is 4. The van der Waals surface area contributed by atoms with Crippen LogP contribution < -0.4 is 10.6 Å². The highest BCUT2D eigenvalue weighted by atomic mass is 19.1. The maximum atomic E-state index is 13.3. The van der Waals surface area contributed by atoms with Crippen LogP contribution in [0.1, 0.15) is 19.3 Å². The zero-order chi connectivity index (χ0) is 10.7. The highest BCUT2D eigenvalue weighted by molar-refractivity contribution is 5.40. The van der Waals surface area contributed by atoms with Gasteiger partial charge in [-0.2, -0.15) is 4.98 Å². The van der Waals surface area contributed by atoms with E-state index in [0.29, 0.717) is 17.7 Å². The molecule has 0 atom stereocenters. The average molecular weight is 210 g/mol. The Morgan fingerprint density at radius 1 is 1.53 bits per heavy atom. The Balaban J connectivity index is 1.98. The Morgan fingerprint density at radius 3 is 2.93 bits per heavy atom. The Labute approximate surface area is 88.3 Å². The Kier molecular flexibility index (Phi) is 2.99. The summed E-state index contributed by atoms with van der Waals surface area (Å²) in [5.41, 5.74) is 0. The van der Waals surface area contributed by atoms with Crippen molar-refractivity contribution >= 4 is 11.8 Å². The van der Waals surface area contributed by atoms with Gasteiger partial charge >= 0.3 is 0 Å². The molecule has 5 heteroatoms. The highest BCUT2D eigenvalue weighted by Gasteiger charge is 2.17. The summed E-state index contributed by atoms with van der Waals surface area (Å²) in [4.78, 5) is 7.79. The van der Waals surface area contributed by atoms with Crippen LogP contribution in [0.3, 0.4) is 0 Å². The molecule has 1 aliphatic carbocycles. The standard InChI is InChI=1S/C10H15FN4/c1-12-10-14-6-8(11)9(15-10)13-5-7-3-2-4-7/h6-7H,2-5H2,1H3,(H2,12,13,14,15). The van der Waals surface area contributed by atoms with Crippen LogP contribution in [0, 0.1) is 11.7 Å². The van der Waals surface area contributed by atoms with Crippen LogP contribution >= 0.6 is 0 Å². The van der Waals surface area contributed by atoms with Crippen LogP contribution in [0.2, 0.25) is 0 Å². The summed E-state index contributed by atoms with van der Waals surface area (Å²) < 4.78 is 13.3. The third kappa shape index (κ3) is 2.34. The predicted molar refractivity (Wildman–Crippen MR) is 57.4 cm³/mol. The number of anilines is 2. The summed E-state index contributed by atoms with van der Waals surface area (Å²) in [7, 11) is 1.71. The molecule has 2 N–H and O–H groups in total. The van der Waals surface area contributed by atoms with Gasteiger partial charge < -0.3 is 10.6 Å². The van der Waals surface area contributed by atoms with E-state index in [1.807, 2.05) is 0 Å². The number of halogens is 1. The molecule has 0 unspecified atom stereocenters. The molecule has 1 heterocycles. The van der Waals surface area contributed by atoms with Crippen LogP contribution in [-0.4, -0.2) is 23.6 Å². The lowest BCUT2D eigenvalue weighted by Crippen LogP contribution is -2.22. The Bertz CT molecular complexity index is 338. The van der Waals surface area contributed by atoms with Crippen molar-refractivity contribution < 1.29 is 4.39 Å². The molecule has 0 aliphatic heterocycles. The molecule has 0 spiro atoms. The summed E-state index contributed by atoms with van der Waals surface area (Å²) in [6.07, 6.45) is 4.94. The first-order chi connectivity index (χ1) is 7.29. The van der Waals surface area contributed by atoms with Crippen molar-refractivity contribution in [1.82, 2.24) is 9.97 Å². The zero-order valence-corrected chi connectivity index (χ0v) is 8.76. The summed E-state index contributed by atoms with van der Waals surface area (Å²) in [5.74, 6) is 1.01. The van der Waals surface area contributed by atoms with Crippen LogP contribution in [-0.2, 0) is 0 Å². The van der Waals surface area contributed by atoms with Crippen molar-refractivity contribution in [3.8, 4) is 0 Å². The molecule has 0 radical (unpaired) electrons. The number of nitrogens with zero attached hydrogens (tertiary/aromatic N) is 2. The van der Waals surface area contributed by atoms with Crippen LogP contribution in [0.4, 0.5) is 16.2 Å². The van der Waals surface area contributed by atoms with Crippen molar-refractivity contribution in [3.63, 3.8) is 0 Å². The van der Waals surface area contributed by atoms with Crippen molar-refractivity contribution in [3.05, 3.63) is 12.0 Å². The first-order valence-electron chi connectivity index (χ1n) is 5.23. The van der Waals surface area contributed by atoms with E-state index in [2.05, 4.69) is 20.6 Å². The van der Waals surface area contributed by atoms with E-state index in [9.17, 15) is 4.39 Å². The van der Waals surface area contributed by atoms with Gasteiger partial charge in [-0.15, -0.1) is 0 Å². The van der Waals surface area contributed by atoms with E-state index in [4.69, 9.17) is 0 Å². The number of nitrogens with one attached hydrogen (secondary N) is 2. The number of hydrogen-bond acceptors (Lipinski definition) is 4.